The van der Waals surface area contributed by atoms with E-state index in [-0.39, 0.29) is 35.2 Å². The van der Waals surface area contributed by atoms with Gasteiger partial charge in [0.25, 0.3) is 5.56 Å². The number of carbonyl (C=O) groups is 1. The molecule has 2 aromatic heterocycles. The van der Waals surface area contributed by atoms with Crippen molar-refractivity contribution in [1.29, 1.82) is 0 Å². The maximum Gasteiger partial charge on any atom is 0.330 e. The Morgan fingerprint density at radius 2 is 2.14 bits per heavy atom. The van der Waals surface area contributed by atoms with Crippen molar-refractivity contribution in [3.05, 3.63) is 38.8 Å². The first-order valence-electron chi connectivity index (χ1n) is 10.2. The Morgan fingerprint density at radius 3 is 2.72 bits per heavy atom. The lowest BCUT2D eigenvalue weighted by atomic mass is 10.1. The van der Waals surface area contributed by atoms with Crippen LogP contribution >= 0.6 is 0 Å². The molecule has 9 heteroatoms. The number of anilines is 2. The van der Waals surface area contributed by atoms with E-state index >= 15 is 0 Å². The third-order valence-electron chi connectivity index (χ3n) is 5.29. The summed E-state index contributed by atoms with van der Waals surface area (Å²) in [6.07, 6.45) is 6.03. The molecule has 0 spiro atoms. The molecule has 2 unspecified atom stereocenters. The zero-order valence-electron chi connectivity index (χ0n) is 17.5. The van der Waals surface area contributed by atoms with Gasteiger partial charge in [0.15, 0.2) is 5.69 Å². The first-order valence-corrected chi connectivity index (χ1v) is 10.2. The summed E-state index contributed by atoms with van der Waals surface area (Å²) < 4.78 is 3.07. The maximum absolute atomic E-state index is 13.3. The summed E-state index contributed by atoms with van der Waals surface area (Å²) in [5, 5.41) is 4.18. The molecule has 2 heterocycles. The first kappa shape index (κ1) is 20.9. The standard InChI is InChI=1S/C20H30N6O3/c1-5-6-7-25-17(21)16(18(27)23-20(25)29)26(10-12(2)3)19(28)15-8-14(15)13-9-22-24(4)11-13/h9,11-12,14-15H,5-8,10,21H2,1-4H3,(H,23,27,29). The highest BCUT2D eigenvalue weighted by Crippen LogP contribution is 2.48. The number of nitrogens with two attached hydrogens (primary N) is 1. The van der Waals surface area contributed by atoms with E-state index in [0.29, 0.717) is 19.5 Å². The van der Waals surface area contributed by atoms with Crippen LogP contribution in [0, 0.1) is 11.8 Å². The highest BCUT2D eigenvalue weighted by molar-refractivity contribution is 5.99. The third-order valence-corrected chi connectivity index (χ3v) is 5.29. The molecule has 1 aliphatic carbocycles. The van der Waals surface area contributed by atoms with Crippen LogP contribution in [-0.4, -0.2) is 31.8 Å². The number of carbonyl (C=O) groups excluding carboxylic acids is 1. The van der Waals surface area contributed by atoms with Crippen molar-refractivity contribution in [3.8, 4) is 0 Å². The maximum atomic E-state index is 13.3. The van der Waals surface area contributed by atoms with E-state index in [1.54, 1.807) is 10.9 Å². The summed E-state index contributed by atoms with van der Waals surface area (Å²) in [5.74, 6) is -0.0699. The van der Waals surface area contributed by atoms with Crippen molar-refractivity contribution in [2.75, 3.05) is 17.2 Å². The largest absolute Gasteiger partial charge is 0.383 e. The van der Waals surface area contributed by atoms with Crippen LogP contribution in [0.3, 0.4) is 0 Å². The number of nitrogens with zero attached hydrogens (tertiary/aromatic N) is 4. The molecule has 9 nitrogen and oxygen atoms in total. The minimum atomic E-state index is -0.618. The minimum Gasteiger partial charge on any atom is -0.383 e. The average Bonchev–Trinajstić information content (AvgIpc) is 3.33. The number of hydrogen-bond donors (Lipinski definition) is 2. The lowest BCUT2D eigenvalue weighted by Gasteiger charge is -2.26. The highest BCUT2D eigenvalue weighted by atomic mass is 16.2. The molecule has 2 atom stereocenters. The van der Waals surface area contributed by atoms with Crippen LogP contribution in [0.25, 0.3) is 0 Å². The number of aryl methyl sites for hydroxylation is 1. The van der Waals surface area contributed by atoms with E-state index in [9.17, 15) is 14.4 Å². The van der Waals surface area contributed by atoms with Crippen molar-refractivity contribution in [1.82, 2.24) is 19.3 Å². The predicted molar refractivity (Wildman–Crippen MR) is 112 cm³/mol. The first-order chi connectivity index (χ1) is 13.7. The number of unbranched alkanes of at least 4 members (excludes halogenated alkanes) is 1. The Bertz CT molecular complexity index is 1000. The molecule has 0 radical (unpaired) electrons. The molecule has 0 aromatic carbocycles. The number of nitrogens with one attached hydrogen (secondary N) is 1. The Morgan fingerprint density at radius 1 is 1.41 bits per heavy atom. The third kappa shape index (κ3) is 4.28. The Kier molecular flexibility index (Phi) is 5.95. The molecular weight excluding hydrogens is 372 g/mol. The number of nitrogen functional groups attached to an aromatic ring is 1. The monoisotopic (exact) mass is 402 g/mol. The smallest absolute Gasteiger partial charge is 0.330 e. The SMILES string of the molecule is CCCCn1c(N)c(N(CC(C)C)C(=O)C2CC2c2cnn(C)c2)c(=O)[nH]c1=O. The van der Waals surface area contributed by atoms with Crippen LogP contribution < -0.4 is 21.9 Å². The molecule has 0 aliphatic heterocycles. The van der Waals surface area contributed by atoms with Gasteiger partial charge >= 0.3 is 5.69 Å². The Balaban J connectivity index is 1.96. The van der Waals surface area contributed by atoms with Gasteiger partial charge in [-0.05, 0) is 30.2 Å². The Labute approximate surface area is 169 Å². The van der Waals surface area contributed by atoms with Crippen LogP contribution in [0.1, 0.15) is 51.5 Å². The van der Waals surface area contributed by atoms with Crippen LogP contribution in [0.5, 0.6) is 0 Å². The van der Waals surface area contributed by atoms with Crippen molar-refractivity contribution in [2.24, 2.45) is 18.9 Å². The summed E-state index contributed by atoms with van der Waals surface area (Å²) in [6, 6.07) is 0. The van der Waals surface area contributed by atoms with Crippen molar-refractivity contribution < 1.29 is 4.79 Å². The molecule has 3 rings (SSSR count). The highest BCUT2D eigenvalue weighted by Gasteiger charge is 2.47. The summed E-state index contributed by atoms with van der Waals surface area (Å²) >= 11 is 0. The quantitative estimate of drug-likeness (QED) is 0.692. The number of aromatic nitrogens is 4. The van der Waals surface area contributed by atoms with Gasteiger partial charge in [-0.15, -0.1) is 0 Å². The van der Waals surface area contributed by atoms with Gasteiger partial charge in [-0.2, -0.15) is 5.10 Å². The lowest BCUT2D eigenvalue weighted by molar-refractivity contribution is -0.120. The van der Waals surface area contributed by atoms with Gasteiger partial charge in [-0.1, -0.05) is 27.2 Å². The zero-order chi connectivity index (χ0) is 21.3. The molecule has 0 bridgehead atoms. The van der Waals surface area contributed by atoms with Gasteiger partial charge in [0.1, 0.15) is 5.82 Å². The van der Waals surface area contributed by atoms with E-state index < -0.39 is 11.2 Å². The van der Waals surface area contributed by atoms with Crippen LogP contribution in [0.15, 0.2) is 22.0 Å². The normalized spacial score (nSPS) is 18.2. The fourth-order valence-electron chi connectivity index (χ4n) is 3.70. The van der Waals surface area contributed by atoms with Crippen LogP contribution in [0.4, 0.5) is 11.5 Å². The molecule has 1 saturated carbocycles. The Hall–Kier alpha value is -2.84. The average molecular weight is 402 g/mol. The lowest BCUT2D eigenvalue weighted by Crippen LogP contribution is -2.43. The molecule has 29 heavy (non-hydrogen) atoms. The second-order valence-electron chi connectivity index (χ2n) is 8.24. The van der Waals surface area contributed by atoms with Crippen LogP contribution in [-0.2, 0) is 18.4 Å². The number of H-pyrrole nitrogens is 1. The molecule has 1 amide bonds. The molecule has 0 saturated heterocycles. The summed E-state index contributed by atoms with van der Waals surface area (Å²) in [6.45, 7) is 6.71. The zero-order valence-corrected chi connectivity index (χ0v) is 17.5. The van der Waals surface area contributed by atoms with Gasteiger partial charge < -0.3 is 10.6 Å². The van der Waals surface area contributed by atoms with Gasteiger partial charge in [0, 0.05) is 32.3 Å². The number of aromatic amines is 1. The van der Waals surface area contributed by atoms with E-state index in [2.05, 4.69) is 10.1 Å². The molecule has 3 N–H and O–H groups in total. The minimum absolute atomic E-state index is 0.0553. The van der Waals surface area contributed by atoms with Gasteiger partial charge in [0.2, 0.25) is 5.91 Å². The fourth-order valence-corrected chi connectivity index (χ4v) is 3.70. The summed E-state index contributed by atoms with van der Waals surface area (Å²) in [5.41, 5.74) is 6.19. The molecule has 1 fully saturated rings. The van der Waals surface area contributed by atoms with Gasteiger partial charge in [-0.3, -0.25) is 23.8 Å². The molecule has 158 valence electrons. The second-order valence-corrected chi connectivity index (χ2v) is 8.24. The second kappa shape index (κ2) is 8.26. The summed E-state index contributed by atoms with van der Waals surface area (Å²) in [4.78, 5) is 42.0. The number of amides is 1. The van der Waals surface area contributed by atoms with Crippen molar-refractivity contribution in [2.45, 2.75) is 52.5 Å². The van der Waals surface area contributed by atoms with E-state index in [0.717, 1.165) is 18.4 Å². The van der Waals surface area contributed by atoms with Crippen molar-refractivity contribution in [3.63, 3.8) is 0 Å². The predicted octanol–water partition coefficient (Wildman–Crippen LogP) is 1.45. The molecular formula is C20H30N6O3. The number of hydrogen-bond acceptors (Lipinski definition) is 5. The van der Waals surface area contributed by atoms with E-state index in [1.807, 2.05) is 34.0 Å². The van der Waals surface area contributed by atoms with Crippen molar-refractivity contribution >= 4 is 17.4 Å². The topological polar surface area (TPSA) is 119 Å². The van der Waals surface area contributed by atoms with Crippen LogP contribution in [0.2, 0.25) is 0 Å². The molecule has 2 aromatic rings. The van der Waals surface area contributed by atoms with Gasteiger partial charge in [0.05, 0.1) is 6.20 Å². The van der Waals surface area contributed by atoms with Gasteiger partial charge in [-0.25, -0.2) is 4.79 Å². The van der Waals surface area contributed by atoms with E-state index in [4.69, 9.17) is 5.73 Å². The number of rotatable bonds is 8. The van der Waals surface area contributed by atoms with E-state index in [1.165, 1.54) is 9.47 Å². The fraction of sp³-hybridized carbons (Fsp3) is 0.600. The summed E-state index contributed by atoms with van der Waals surface area (Å²) in [7, 11) is 1.84. The molecule has 1 aliphatic rings.